The summed E-state index contributed by atoms with van der Waals surface area (Å²) in [6, 6.07) is 0. The van der Waals surface area contributed by atoms with E-state index in [1.54, 1.807) is 0 Å². The number of carbonyl (C=O) groups excluding carboxylic acids is 1. The summed E-state index contributed by atoms with van der Waals surface area (Å²) >= 11 is 0. The van der Waals surface area contributed by atoms with Crippen molar-refractivity contribution in [3.63, 3.8) is 0 Å². The summed E-state index contributed by atoms with van der Waals surface area (Å²) in [5.41, 5.74) is 4.21. The number of hydrogen-bond acceptors (Lipinski definition) is 4. The third-order valence-electron chi connectivity index (χ3n) is 8.07. The van der Waals surface area contributed by atoms with E-state index in [0.29, 0.717) is 19.3 Å². The largest absolute Gasteiger partial charge is 0.396 e. The highest BCUT2D eigenvalue weighted by Crippen LogP contribution is 2.55. The Bertz CT molecular complexity index is 780. The highest BCUT2D eigenvalue weighted by molar-refractivity contribution is 5.74. The number of rotatable bonds is 13. The average molecular weight is 475 g/mol. The maximum atomic E-state index is 11.6. The van der Waals surface area contributed by atoms with Gasteiger partial charge in [0.15, 0.2) is 0 Å². The zero-order valence-electron chi connectivity index (χ0n) is 22.8. The lowest BCUT2D eigenvalue weighted by Gasteiger charge is -2.53. The smallest absolute Gasteiger partial charge is 0.145 e. The maximum Gasteiger partial charge on any atom is 0.145 e. The van der Waals surface area contributed by atoms with Crippen molar-refractivity contribution in [3.05, 3.63) is 46.1 Å². The number of aliphatic hydroxyl groups is 3. The molecule has 1 aliphatic rings. The normalized spacial score (nSPS) is 28.5. The first-order valence-corrected chi connectivity index (χ1v) is 13.0. The summed E-state index contributed by atoms with van der Waals surface area (Å²) < 4.78 is 0. The number of aliphatic hydroxyl groups excluding tert-OH is 2. The van der Waals surface area contributed by atoms with E-state index in [2.05, 4.69) is 45.9 Å². The van der Waals surface area contributed by atoms with Gasteiger partial charge in [-0.15, -0.1) is 0 Å². The van der Waals surface area contributed by atoms with Crippen LogP contribution < -0.4 is 0 Å². The molecule has 4 atom stereocenters. The molecule has 0 aliphatic heterocycles. The van der Waals surface area contributed by atoms with Gasteiger partial charge in [0.1, 0.15) is 6.29 Å². The second-order valence-electron chi connectivity index (χ2n) is 11.0. The van der Waals surface area contributed by atoms with Crippen LogP contribution in [0.3, 0.4) is 0 Å². The molecule has 0 aromatic rings. The first-order chi connectivity index (χ1) is 15.9. The van der Waals surface area contributed by atoms with Crippen LogP contribution in [0.2, 0.25) is 0 Å². The number of allylic oxidation sites excluding steroid dienone is 6. The molecule has 1 saturated carbocycles. The third kappa shape index (κ3) is 8.62. The van der Waals surface area contributed by atoms with Crippen molar-refractivity contribution >= 4 is 6.29 Å². The predicted octanol–water partition coefficient (Wildman–Crippen LogP) is 6.61. The molecule has 1 rings (SSSR count). The van der Waals surface area contributed by atoms with Crippen LogP contribution in [0, 0.1) is 11.3 Å². The molecule has 4 heteroatoms. The van der Waals surface area contributed by atoms with Crippen molar-refractivity contribution in [2.24, 2.45) is 11.3 Å². The summed E-state index contributed by atoms with van der Waals surface area (Å²) in [4.78, 5) is 11.6. The molecule has 0 amide bonds. The van der Waals surface area contributed by atoms with Gasteiger partial charge in [-0.2, -0.15) is 0 Å². The highest BCUT2D eigenvalue weighted by Gasteiger charge is 2.52. The van der Waals surface area contributed by atoms with Crippen molar-refractivity contribution in [1.82, 2.24) is 0 Å². The van der Waals surface area contributed by atoms with E-state index in [-0.39, 0.29) is 12.5 Å². The molecule has 4 nitrogen and oxygen atoms in total. The van der Waals surface area contributed by atoms with Crippen molar-refractivity contribution in [1.29, 1.82) is 0 Å². The second-order valence-corrected chi connectivity index (χ2v) is 11.0. The molecule has 0 spiro atoms. The summed E-state index contributed by atoms with van der Waals surface area (Å²) in [5.74, 6) is 0.0543. The van der Waals surface area contributed by atoms with Crippen molar-refractivity contribution in [2.75, 3.05) is 6.61 Å². The first-order valence-electron chi connectivity index (χ1n) is 13.0. The molecule has 0 aromatic heterocycles. The summed E-state index contributed by atoms with van der Waals surface area (Å²) in [6.07, 6.45) is 13.8. The van der Waals surface area contributed by atoms with Gasteiger partial charge in [-0.1, -0.05) is 41.9 Å². The number of aldehydes is 1. The Labute approximate surface area is 208 Å². The fourth-order valence-electron chi connectivity index (χ4n) is 5.30. The van der Waals surface area contributed by atoms with Crippen LogP contribution in [0.5, 0.6) is 0 Å². The predicted molar refractivity (Wildman–Crippen MR) is 143 cm³/mol. The molecule has 0 saturated heterocycles. The molecule has 34 heavy (non-hydrogen) atoms. The Kier molecular flexibility index (Phi) is 12.7. The van der Waals surface area contributed by atoms with Gasteiger partial charge in [-0.3, -0.25) is 4.79 Å². The highest BCUT2D eigenvalue weighted by atomic mass is 16.3. The van der Waals surface area contributed by atoms with Gasteiger partial charge < -0.3 is 15.3 Å². The third-order valence-corrected chi connectivity index (χ3v) is 8.07. The maximum absolute atomic E-state index is 11.6. The van der Waals surface area contributed by atoms with Gasteiger partial charge in [0.05, 0.1) is 11.7 Å². The lowest BCUT2D eigenvalue weighted by molar-refractivity contribution is -0.115. The SMILES string of the molecule is CC(C)=CCC/C(C)=C/CC(O)/C(C)=C\CC[C@@]1(C)[C@H](CCCO)/C(=C(\C)C=O)CC[C@]1(C)O. The van der Waals surface area contributed by atoms with E-state index in [1.807, 2.05) is 20.8 Å². The van der Waals surface area contributed by atoms with Crippen LogP contribution in [0.15, 0.2) is 46.1 Å². The molecule has 1 unspecified atom stereocenters. The van der Waals surface area contributed by atoms with E-state index in [0.717, 1.165) is 61.5 Å². The first kappa shape index (κ1) is 30.5. The van der Waals surface area contributed by atoms with Crippen molar-refractivity contribution < 1.29 is 20.1 Å². The van der Waals surface area contributed by atoms with E-state index >= 15 is 0 Å². The molecule has 1 aliphatic carbocycles. The molecule has 1 fully saturated rings. The fraction of sp³-hybridized carbons (Fsp3) is 0.700. The average Bonchev–Trinajstić information content (AvgIpc) is 2.77. The minimum absolute atomic E-state index is 0.0543. The number of carbonyl (C=O) groups is 1. The molecule has 3 N–H and O–H groups in total. The van der Waals surface area contributed by atoms with Gasteiger partial charge in [-0.05, 0) is 116 Å². The quantitative estimate of drug-likeness (QED) is 0.159. The lowest BCUT2D eigenvalue weighted by atomic mass is 9.54. The Morgan fingerprint density at radius 3 is 2.35 bits per heavy atom. The van der Waals surface area contributed by atoms with Gasteiger partial charge in [0.2, 0.25) is 0 Å². The Morgan fingerprint density at radius 1 is 1.09 bits per heavy atom. The zero-order valence-corrected chi connectivity index (χ0v) is 22.8. The Balaban J connectivity index is 2.92. The van der Waals surface area contributed by atoms with E-state index in [9.17, 15) is 20.1 Å². The summed E-state index contributed by atoms with van der Waals surface area (Å²) in [5, 5.41) is 31.5. The monoisotopic (exact) mass is 474 g/mol. The Morgan fingerprint density at radius 2 is 1.76 bits per heavy atom. The molecule has 0 heterocycles. The molecular weight excluding hydrogens is 424 g/mol. The van der Waals surface area contributed by atoms with Crippen LogP contribution in [-0.4, -0.2) is 39.9 Å². The Hall–Kier alpha value is -1.49. The van der Waals surface area contributed by atoms with Crippen LogP contribution in [0.25, 0.3) is 0 Å². The topological polar surface area (TPSA) is 77.8 Å². The second kappa shape index (κ2) is 14.2. The van der Waals surface area contributed by atoms with Gasteiger partial charge >= 0.3 is 0 Å². The van der Waals surface area contributed by atoms with Crippen LogP contribution in [-0.2, 0) is 4.79 Å². The van der Waals surface area contributed by atoms with Crippen LogP contribution in [0.1, 0.15) is 106 Å². The van der Waals surface area contributed by atoms with E-state index in [1.165, 1.54) is 11.1 Å². The lowest BCUT2D eigenvalue weighted by Crippen LogP contribution is -2.52. The van der Waals surface area contributed by atoms with Crippen LogP contribution >= 0.6 is 0 Å². The zero-order chi connectivity index (χ0) is 25.9. The van der Waals surface area contributed by atoms with Gasteiger partial charge in [0, 0.05) is 12.0 Å². The standard InChI is InChI=1S/C30H50O4/c1-22(2)11-8-12-23(3)15-16-28(33)24(4)13-9-18-29(6)27(14-10-20-31)26(25(5)21-32)17-19-30(29,7)34/h11,13,15,21,27-28,31,33-34H,8-10,12,14,16-20H2,1-7H3/b23-15+,24-13-,26-25+/t27-,28?,29+,30+/m1/s1. The van der Waals surface area contributed by atoms with Gasteiger partial charge in [-0.25, -0.2) is 0 Å². The molecule has 194 valence electrons. The molecule has 0 aromatic carbocycles. The minimum atomic E-state index is -0.856. The summed E-state index contributed by atoms with van der Waals surface area (Å²) in [6.45, 7) is 14.3. The molecular formula is C30H50O4. The van der Waals surface area contributed by atoms with E-state index < -0.39 is 17.1 Å². The van der Waals surface area contributed by atoms with Crippen LogP contribution in [0.4, 0.5) is 0 Å². The summed E-state index contributed by atoms with van der Waals surface area (Å²) in [7, 11) is 0. The molecule has 0 bridgehead atoms. The van der Waals surface area contributed by atoms with Crippen molar-refractivity contribution in [3.8, 4) is 0 Å². The number of hydrogen-bond donors (Lipinski definition) is 3. The van der Waals surface area contributed by atoms with Gasteiger partial charge in [0.25, 0.3) is 0 Å². The van der Waals surface area contributed by atoms with E-state index in [4.69, 9.17) is 0 Å². The minimum Gasteiger partial charge on any atom is -0.396 e. The molecule has 0 radical (unpaired) electrons. The van der Waals surface area contributed by atoms with Crippen molar-refractivity contribution in [2.45, 2.75) is 118 Å². The fourth-order valence-corrected chi connectivity index (χ4v) is 5.30.